The lowest BCUT2D eigenvalue weighted by molar-refractivity contribution is 0.734. The molecule has 0 aliphatic rings. The van der Waals surface area contributed by atoms with Crippen LogP contribution in [-0.4, -0.2) is 14.5 Å². The van der Waals surface area contributed by atoms with Gasteiger partial charge in [0, 0.05) is 21.2 Å². The van der Waals surface area contributed by atoms with Crippen molar-refractivity contribution in [3.63, 3.8) is 0 Å². The second-order valence-electron chi connectivity index (χ2n) is 6.45. The van der Waals surface area contributed by atoms with Gasteiger partial charge in [0.2, 0.25) is 0 Å². The van der Waals surface area contributed by atoms with Gasteiger partial charge in [0.05, 0.1) is 17.6 Å². The Bertz CT molecular complexity index is 1420. The Morgan fingerprint density at radius 1 is 1.10 bits per heavy atom. The molecule has 9 heteroatoms. The summed E-state index contributed by atoms with van der Waals surface area (Å²) in [5.74, 6) is 0.387. The fraction of sp³-hybridized carbons (Fsp3) is 0.0476. The fourth-order valence-corrected chi connectivity index (χ4v) is 3.81. The third-order valence-corrected chi connectivity index (χ3v) is 5.22. The zero-order chi connectivity index (χ0) is 21.4. The summed E-state index contributed by atoms with van der Waals surface area (Å²) in [7, 11) is 0. The number of H-pyrrole nitrogens is 1. The maximum absolute atomic E-state index is 13.1. The largest absolute Gasteiger partial charge is 0.384 e. The zero-order valence-corrected chi connectivity index (χ0v) is 16.8. The van der Waals surface area contributed by atoms with Crippen LogP contribution in [0.4, 0.5) is 5.82 Å². The van der Waals surface area contributed by atoms with Crippen LogP contribution < -0.4 is 11.3 Å². The molecule has 146 valence electrons. The number of aromatic amines is 1. The summed E-state index contributed by atoms with van der Waals surface area (Å²) < 4.78 is 1.15. The van der Waals surface area contributed by atoms with Crippen LogP contribution in [0.5, 0.6) is 0 Å². The highest BCUT2D eigenvalue weighted by Gasteiger charge is 2.24. The number of fused-ring (bicyclic) bond motifs is 1. The Kier molecular flexibility index (Phi) is 4.93. The Morgan fingerprint density at radius 3 is 2.50 bits per heavy atom. The van der Waals surface area contributed by atoms with Gasteiger partial charge < -0.3 is 10.7 Å². The summed E-state index contributed by atoms with van der Waals surface area (Å²) in [5.41, 5.74) is 7.24. The summed E-state index contributed by atoms with van der Waals surface area (Å²) in [6, 6.07) is 15.9. The van der Waals surface area contributed by atoms with Crippen molar-refractivity contribution in [1.29, 1.82) is 10.5 Å². The molecule has 0 unspecified atom stereocenters. The Hall–Kier alpha value is -3.78. The van der Waals surface area contributed by atoms with Crippen molar-refractivity contribution in [2.24, 2.45) is 0 Å². The molecule has 0 spiro atoms. The number of benzene rings is 2. The minimum absolute atomic E-state index is 0.0218. The highest BCUT2D eigenvalue weighted by atomic mass is 35.5. The molecule has 0 amide bonds. The van der Waals surface area contributed by atoms with Crippen LogP contribution in [0.2, 0.25) is 10.0 Å². The van der Waals surface area contributed by atoms with E-state index >= 15 is 0 Å². The van der Waals surface area contributed by atoms with Gasteiger partial charge in [0.1, 0.15) is 34.9 Å². The molecular weight excluding hydrogens is 423 g/mol. The van der Waals surface area contributed by atoms with Gasteiger partial charge >= 0.3 is 0 Å². The molecule has 2 aromatic carbocycles. The number of hydrogen-bond acceptors (Lipinski definition) is 5. The first-order valence-corrected chi connectivity index (χ1v) is 9.45. The van der Waals surface area contributed by atoms with Crippen molar-refractivity contribution in [2.75, 3.05) is 5.73 Å². The minimum atomic E-state index is -0.643. The maximum Gasteiger partial charge on any atom is 0.271 e. The van der Waals surface area contributed by atoms with E-state index in [-0.39, 0.29) is 34.1 Å². The summed E-state index contributed by atoms with van der Waals surface area (Å²) in [5, 5.41) is 20.1. The average Bonchev–Trinajstić information content (AvgIpc) is 3.14. The number of nitrogens with one attached hydrogen (secondary N) is 1. The number of nitrogens with two attached hydrogens (primary N) is 1. The number of anilines is 1. The number of imidazole rings is 1. The first kappa shape index (κ1) is 19.5. The number of nitrogen functional groups attached to an aromatic ring is 1. The molecule has 0 aliphatic carbocycles. The maximum atomic E-state index is 13.1. The lowest BCUT2D eigenvalue weighted by Gasteiger charge is -2.16. The van der Waals surface area contributed by atoms with E-state index in [1.165, 1.54) is 6.07 Å². The van der Waals surface area contributed by atoms with Crippen LogP contribution in [0.3, 0.4) is 0 Å². The van der Waals surface area contributed by atoms with Crippen molar-refractivity contribution >= 4 is 40.1 Å². The molecule has 0 fully saturated rings. The zero-order valence-electron chi connectivity index (χ0n) is 15.3. The van der Waals surface area contributed by atoms with Gasteiger partial charge in [-0.2, -0.15) is 10.5 Å². The molecule has 2 aromatic heterocycles. The average molecular weight is 435 g/mol. The van der Waals surface area contributed by atoms with Gasteiger partial charge in [-0.3, -0.25) is 9.36 Å². The third-order valence-electron chi connectivity index (χ3n) is 4.68. The van der Waals surface area contributed by atoms with Gasteiger partial charge in [0.15, 0.2) is 0 Å². The number of rotatable bonds is 3. The van der Waals surface area contributed by atoms with E-state index in [1.807, 2.05) is 36.4 Å². The van der Waals surface area contributed by atoms with Gasteiger partial charge in [-0.05, 0) is 24.3 Å². The molecular formula is C21H12Cl2N6O. The van der Waals surface area contributed by atoms with E-state index in [2.05, 4.69) is 9.97 Å². The number of nitrogens with zero attached hydrogens (tertiary/aromatic N) is 4. The van der Waals surface area contributed by atoms with Crippen LogP contribution in [-0.2, 0) is 6.54 Å². The highest BCUT2D eigenvalue weighted by Crippen LogP contribution is 2.35. The van der Waals surface area contributed by atoms with E-state index in [1.54, 1.807) is 12.1 Å². The van der Waals surface area contributed by atoms with Crippen LogP contribution in [0, 0.1) is 22.7 Å². The van der Waals surface area contributed by atoms with Crippen LogP contribution >= 0.6 is 23.2 Å². The summed E-state index contributed by atoms with van der Waals surface area (Å²) >= 11 is 12.2. The van der Waals surface area contributed by atoms with E-state index < -0.39 is 5.56 Å². The molecule has 7 nitrogen and oxygen atoms in total. The molecule has 0 saturated carbocycles. The first-order valence-electron chi connectivity index (χ1n) is 8.70. The van der Waals surface area contributed by atoms with Gasteiger partial charge in [-0.15, -0.1) is 0 Å². The first-order chi connectivity index (χ1) is 14.4. The molecule has 3 N–H and O–H groups in total. The quantitative estimate of drug-likeness (QED) is 0.502. The topological polar surface area (TPSA) is 124 Å². The van der Waals surface area contributed by atoms with Gasteiger partial charge in [-0.1, -0.05) is 41.4 Å². The van der Waals surface area contributed by atoms with Gasteiger partial charge in [-0.25, -0.2) is 4.98 Å². The predicted molar refractivity (Wildman–Crippen MR) is 115 cm³/mol. The number of para-hydroxylation sites is 2. The molecule has 0 atom stereocenters. The van der Waals surface area contributed by atoms with Crippen molar-refractivity contribution < 1.29 is 0 Å². The number of nitriles is 2. The molecule has 30 heavy (non-hydrogen) atoms. The van der Waals surface area contributed by atoms with E-state index in [0.717, 1.165) is 15.6 Å². The van der Waals surface area contributed by atoms with E-state index in [0.29, 0.717) is 16.4 Å². The number of hydrogen-bond donors (Lipinski definition) is 2. The van der Waals surface area contributed by atoms with Crippen molar-refractivity contribution in [3.8, 4) is 23.3 Å². The summed E-state index contributed by atoms with van der Waals surface area (Å²) in [6.45, 7) is -0.0304. The lowest BCUT2D eigenvalue weighted by Crippen LogP contribution is -2.28. The molecule has 0 aliphatic heterocycles. The van der Waals surface area contributed by atoms with E-state index in [9.17, 15) is 15.3 Å². The molecule has 2 heterocycles. The molecule has 4 aromatic rings. The summed E-state index contributed by atoms with van der Waals surface area (Å²) in [6.07, 6.45) is 0. The summed E-state index contributed by atoms with van der Waals surface area (Å²) in [4.78, 5) is 20.7. The third kappa shape index (κ3) is 3.17. The van der Waals surface area contributed by atoms with Crippen LogP contribution in [0.25, 0.3) is 22.2 Å². The molecule has 0 radical (unpaired) electrons. The monoisotopic (exact) mass is 434 g/mol. The van der Waals surface area contributed by atoms with Gasteiger partial charge in [0.25, 0.3) is 5.56 Å². The van der Waals surface area contributed by atoms with Crippen molar-refractivity contribution in [1.82, 2.24) is 14.5 Å². The van der Waals surface area contributed by atoms with Crippen molar-refractivity contribution in [2.45, 2.75) is 6.54 Å². The number of pyridine rings is 1. The SMILES string of the molecule is N#Cc1c(-c2ccc(Cl)cc2Cl)c(C#N)c(=O)n(Cc2nc3ccccc3[nH]2)c1N. The highest BCUT2D eigenvalue weighted by molar-refractivity contribution is 6.36. The second-order valence-corrected chi connectivity index (χ2v) is 7.29. The predicted octanol–water partition coefficient (Wildman–Crippen LogP) is 4.07. The molecule has 4 rings (SSSR count). The Balaban J connectivity index is 1.95. The van der Waals surface area contributed by atoms with Crippen LogP contribution in [0.15, 0.2) is 47.3 Å². The van der Waals surface area contributed by atoms with Crippen LogP contribution in [0.1, 0.15) is 17.0 Å². The number of halogens is 2. The Morgan fingerprint density at radius 2 is 1.83 bits per heavy atom. The van der Waals surface area contributed by atoms with E-state index in [4.69, 9.17) is 28.9 Å². The fourth-order valence-electron chi connectivity index (χ4n) is 3.31. The normalized spacial score (nSPS) is 10.7. The number of aromatic nitrogens is 3. The van der Waals surface area contributed by atoms with Crippen molar-refractivity contribution in [3.05, 3.63) is 79.8 Å². The second kappa shape index (κ2) is 7.57. The molecule has 0 saturated heterocycles. The smallest absolute Gasteiger partial charge is 0.271 e. The minimum Gasteiger partial charge on any atom is -0.384 e. The standard InChI is InChI=1S/C21H12Cl2N6O/c22-11-5-6-12(15(23)7-11)19-13(8-24)20(26)29(21(30)14(19)9-25)10-18-27-16-3-1-2-4-17(16)28-18/h1-7H,10,26H2,(H,27,28). The lowest BCUT2D eigenvalue weighted by atomic mass is 9.96. The Labute approximate surface area is 180 Å². The molecule has 0 bridgehead atoms.